The van der Waals surface area contributed by atoms with E-state index in [-0.39, 0.29) is 6.79 Å². The van der Waals surface area contributed by atoms with Crippen molar-refractivity contribution in [3.05, 3.63) is 36.3 Å². The highest BCUT2D eigenvalue weighted by atomic mass is 16.7. The zero-order chi connectivity index (χ0) is 15.1. The van der Waals surface area contributed by atoms with Gasteiger partial charge in [-0.3, -0.25) is 4.68 Å². The molecule has 0 unspecified atom stereocenters. The first kappa shape index (κ1) is 12.9. The molecular formula is C15H15N5O2. The van der Waals surface area contributed by atoms with E-state index in [1.54, 1.807) is 17.2 Å². The number of hydrogen-bond donors (Lipinski definition) is 0. The van der Waals surface area contributed by atoms with E-state index in [0.29, 0.717) is 6.54 Å². The summed E-state index contributed by atoms with van der Waals surface area (Å²) in [5.41, 5.74) is 1.95. The minimum atomic E-state index is 0.289. The summed E-state index contributed by atoms with van der Waals surface area (Å²) in [7, 11) is 3.87. The smallest absolute Gasteiger partial charge is 0.231 e. The fourth-order valence-electron chi connectivity index (χ4n) is 2.64. The summed E-state index contributed by atoms with van der Waals surface area (Å²) in [6.07, 6.45) is 3.36. The van der Waals surface area contributed by atoms with Gasteiger partial charge < -0.3 is 14.4 Å². The van der Waals surface area contributed by atoms with Gasteiger partial charge in [0.15, 0.2) is 17.1 Å². The third-order valence-corrected chi connectivity index (χ3v) is 3.73. The number of aromatic nitrogens is 4. The molecule has 7 heteroatoms. The van der Waals surface area contributed by atoms with Crippen LogP contribution < -0.4 is 14.4 Å². The van der Waals surface area contributed by atoms with E-state index >= 15 is 0 Å². The second-order valence-electron chi connectivity index (χ2n) is 5.25. The molecule has 0 saturated heterocycles. The van der Waals surface area contributed by atoms with Gasteiger partial charge in [0.1, 0.15) is 12.1 Å². The molecule has 3 aromatic rings. The Morgan fingerprint density at radius 3 is 3.00 bits per heavy atom. The lowest BCUT2D eigenvalue weighted by molar-refractivity contribution is 0.174. The predicted octanol–water partition coefficient (Wildman–Crippen LogP) is 1.73. The van der Waals surface area contributed by atoms with Gasteiger partial charge in [-0.1, -0.05) is 6.07 Å². The van der Waals surface area contributed by atoms with Gasteiger partial charge in [-0.05, 0) is 17.7 Å². The van der Waals surface area contributed by atoms with Crippen molar-refractivity contribution in [2.75, 3.05) is 18.7 Å². The molecular weight excluding hydrogens is 282 g/mol. The van der Waals surface area contributed by atoms with Crippen molar-refractivity contribution in [1.82, 2.24) is 19.7 Å². The number of benzene rings is 1. The highest BCUT2D eigenvalue weighted by Gasteiger charge is 2.16. The molecule has 1 aliphatic heterocycles. The maximum absolute atomic E-state index is 5.42. The monoisotopic (exact) mass is 297 g/mol. The van der Waals surface area contributed by atoms with Crippen LogP contribution >= 0.6 is 0 Å². The lowest BCUT2D eigenvalue weighted by Gasteiger charge is -2.18. The molecule has 0 atom stereocenters. The molecule has 2 aromatic heterocycles. The molecule has 0 amide bonds. The fourth-order valence-corrected chi connectivity index (χ4v) is 2.64. The Morgan fingerprint density at radius 2 is 2.09 bits per heavy atom. The summed E-state index contributed by atoms with van der Waals surface area (Å²) in [5.74, 6) is 2.44. The van der Waals surface area contributed by atoms with Crippen molar-refractivity contribution in [2.45, 2.75) is 6.54 Å². The van der Waals surface area contributed by atoms with Crippen molar-refractivity contribution >= 4 is 16.9 Å². The second-order valence-corrected chi connectivity index (χ2v) is 5.25. The van der Waals surface area contributed by atoms with Crippen molar-refractivity contribution < 1.29 is 9.47 Å². The quantitative estimate of drug-likeness (QED) is 0.733. The van der Waals surface area contributed by atoms with E-state index in [9.17, 15) is 0 Å². The topological polar surface area (TPSA) is 65.3 Å². The molecule has 22 heavy (non-hydrogen) atoms. The van der Waals surface area contributed by atoms with Crippen LogP contribution in [0.15, 0.2) is 30.7 Å². The Labute approximate surface area is 127 Å². The summed E-state index contributed by atoms with van der Waals surface area (Å²) in [6, 6.07) is 5.97. The van der Waals surface area contributed by atoms with Crippen molar-refractivity contribution in [3.8, 4) is 11.5 Å². The van der Waals surface area contributed by atoms with E-state index in [1.807, 2.05) is 32.3 Å². The molecule has 0 fully saturated rings. The van der Waals surface area contributed by atoms with Crippen molar-refractivity contribution in [2.24, 2.45) is 7.05 Å². The zero-order valence-corrected chi connectivity index (χ0v) is 12.4. The maximum Gasteiger partial charge on any atom is 0.231 e. The zero-order valence-electron chi connectivity index (χ0n) is 12.4. The van der Waals surface area contributed by atoms with E-state index in [0.717, 1.165) is 33.9 Å². The standard InChI is InChI=1S/C15H15N5O2/c1-19(7-10-3-4-12-13(5-10)22-9-21-12)14-11-6-18-20(2)15(11)17-8-16-14/h3-6,8H,7,9H2,1-2H3. The predicted molar refractivity (Wildman–Crippen MR) is 81.0 cm³/mol. The van der Waals surface area contributed by atoms with Crippen LogP contribution in [0.25, 0.3) is 11.0 Å². The van der Waals surface area contributed by atoms with Gasteiger partial charge in [-0.15, -0.1) is 0 Å². The average Bonchev–Trinajstić information content (AvgIpc) is 3.13. The second kappa shape index (κ2) is 4.87. The minimum absolute atomic E-state index is 0.289. The van der Waals surface area contributed by atoms with Crippen molar-refractivity contribution in [3.63, 3.8) is 0 Å². The van der Waals surface area contributed by atoms with Crippen LogP contribution in [-0.2, 0) is 13.6 Å². The molecule has 112 valence electrons. The highest BCUT2D eigenvalue weighted by molar-refractivity contribution is 5.86. The highest BCUT2D eigenvalue weighted by Crippen LogP contribution is 2.33. The lowest BCUT2D eigenvalue weighted by Crippen LogP contribution is -2.18. The van der Waals surface area contributed by atoms with E-state index < -0.39 is 0 Å². The molecule has 7 nitrogen and oxygen atoms in total. The summed E-state index contributed by atoms with van der Waals surface area (Å²) < 4.78 is 12.5. The van der Waals surface area contributed by atoms with Gasteiger partial charge in [-0.2, -0.15) is 5.10 Å². The molecule has 4 rings (SSSR count). The third-order valence-electron chi connectivity index (χ3n) is 3.73. The number of ether oxygens (including phenoxy) is 2. The molecule has 0 radical (unpaired) electrons. The normalized spacial score (nSPS) is 12.8. The molecule has 0 saturated carbocycles. The van der Waals surface area contributed by atoms with E-state index in [1.165, 1.54) is 0 Å². The molecule has 0 spiro atoms. The first-order chi connectivity index (χ1) is 10.7. The summed E-state index contributed by atoms with van der Waals surface area (Å²) in [4.78, 5) is 10.7. The number of nitrogens with zero attached hydrogens (tertiary/aromatic N) is 5. The van der Waals surface area contributed by atoms with Crippen LogP contribution in [-0.4, -0.2) is 33.6 Å². The summed E-state index contributed by atoms with van der Waals surface area (Å²) in [6.45, 7) is 0.995. The molecule has 1 aromatic carbocycles. The van der Waals surface area contributed by atoms with Crippen LogP contribution in [0.5, 0.6) is 11.5 Å². The molecule has 1 aliphatic rings. The Morgan fingerprint density at radius 1 is 1.23 bits per heavy atom. The van der Waals surface area contributed by atoms with Gasteiger partial charge >= 0.3 is 0 Å². The SMILES string of the molecule is CN(Cc1ccc2c(c1)OCO2)c1ncnc2c1cnn2C. The Kier molecular flexibility index (Phi) is 2.85. The van der Waals surface area contributed by atoms with Crippen LogP contribution in [0.4, 0.5) is 5.82 Å². The van der Waals surface area contributed by atoms with Crippen LogP contribution in [0.3, 0.4) is 0 Å². The first-order valence-corrected chi connectivity index (χ1v) is 6.95. The first-order valence-electron chi connectivity index (χ1n) is 6.95. The molecule has 0 aliphatic carbocycles. The number of fused-ring (bicyclic) bond motifs is 2. The average molecular weight is 297 g/mol. The third kappa shape index (κ3) is 2.02. The van der Waals surface area contributed by atoms with Crippen LogP contribution in [0.2, 0.25) is 0 Å². The summed E-state index contributed by atoms with van der Waals surface area (Å²) in [5, 5.41) is 5.18. The van der Waals surface area contributed by atoms with Gasteiger partial charge in [0.25, 0.3) is 0 Å². The molecule has 0 N–H and O–H groups in total. The molecule has 0 bridgehead atoms. The summed E-state index contributed by atoms with van der Waals surface area (Å²) >= 11 is 0. The lowest BCUT2D eigenvalue weighted by atomic mass is 10.2. The Hall–Kier alpha value is -2.83. The Bertz CT molecular complexity index is 845. The maximum atomic E-state index is 5.42. The number of rotatable bonds is 3. The van der Waals surface area contributed by atoms with Crippen molar-refractivity contribution in [1.29, 1.82) is 0 Å². The van der Waals surface area contributed by atoms with Gasteiger partial charge in [0, 0.05) is 20.6 Å². The molecule has 3 heterocycles. The van der Waals surface area contributed by atoms with Gasteiger partial charge in [-0.25, -0.2) is 9.97 Å². The van der Waals surface area contributed by atoms with Crippen LogP contribution in [0, 0.1) is 0 Å². The van der Waals surface area contributed by atoms with E-state index in [2.05, 4.69) is 20.0 Å². The number of aryl methyl sites for hydroxylation is 1. The fraction of sp³-hybridized carbons (Fsp3) is 0.267. The van der Waals surface area contributed by atoms with E-state index in [4.69, 9.17) is 9.47 Å². The minimum Gasteiger partial charge on any atom is -0.454 e. The Balaban J connectivity index is 1.65. The van der Waals surface area contributed by atoms with Crippen LogP contribution in [0.1, 0.15) is 5.56 Å². The van der Waals surface area contributed by atoms with Gasteiger partial charge in [0.2, 0.25) is 6.79 Å². The largest absolute Gasteiger partial charge is 0.454 e. The number of anilines is 1. The number of hydrogen-bond acceptors (Lipinski definition) is 6. The van der Waals surface area contributed by atoms with Gasteiger partial charge in [0.05, 0.1) is 11.6 Å².